The van der Waals surface area contributed by atoms with E-state index in [0.717, 1.165) is 0 Å². The lowest BCUT2D eigenvalue weighted by Crippen LogP contribution is -2.30. The highest BCUT2D eigenvalue weighted by molar-refractivity contribution is 7.33. The van der Waals surface area contributed by atoms with E-state index >= 15 is 0 Å². The normalized spacial score (nSPS) is 11.9. The molecule has 0 fully saturated rings. The lowest BCUT2D eigenvalue weighted by molar-refractivity contribution is -0.659. The molecule has 0 amide bonds. The third-order valence-corrected chi connectivity index (χ3v) is 8.25. The number of hydrogen-bond donors (Lipinski definition) is 0. The van der Waals surface area contributed by atoms with Gasteiger partial charge < -0.3 is 0 Å². The van der Waals surface area contributed by atoms with Gasteiger partial charge in [0.1, 0.15) is 11.7 Å². The van der Waals surface area contributed by atoms with Gasteiger partial charge >= 0.3 is 0 Å². The second-order valence-electron chi connectivity index (χ2n) is 7.35. The molecule has 0 unspecified atom stereocenters. The molecule has 3 aromatic heterocycles. The van der Waals surface area contributed by atoms with E-state index in [2.05, 4.69) is 91.5 Å². The summed E-state index contributed by atoms with van der Waals surface area (Å²) < 4.78 is 7.83. The Morgan fingerprint density at radius 1 is 0.643 bits per heavy atom. The van der Waals surface area contributed by atoms with Crippen LogP contribution in [0.1, 0.15) is 5.56 Å². The van der Waals surface area contributed by atoms with Gasteiger partial charge in [-0.15, -0.1) is 22.7 Å². The fourth-order valence-corrected chi connectivity index (χ4v) is 7.00. The summed E-state index contributed by atoms with van der Waals surface area (Å²) >= 11 is 3.86. The van der Waals surface area contributed by atoms with E-state index in [-0.39, 0.29) is 0 Å². The first-order valence-corrected chi connectivity index (χ1v) is 11.1. The second kappa shape index (κ2) is 5.87. The molecule has 0 saturated heterocycles. The molecule has 0 aliphatic carbocycles. The molecule has 0 N–H and O–H groups in total. The summed E-state index contributed by atoms with van der Waals surface area (Å²) in [5, 5.41) is 5.47. The molecule has 6 aromatic rings. The Balaban J connectivity index is 1.80. The van der Waals surface area contributed by atoms with Gasteiger partial charge in [-0.25, -0.2) is 0 Å². The third kappa shape index (κ3) is 2.15. The zero-order chi connectivity index (χ0) is 18.8. The van der Waals surface area contributed by atoms with Gasteiger partial charge in [-0.1, -0.05) is 48.5 Å². The van der Waals surface area contributed by atoms with Gasteiger partial charge in [0.2, 0.25) is 5.69 Å². The standard InChI is InChI=1S/C25H18NS2/c1-15-7-3-4-8-16(15)22-23-20(13-14-26(22)2)19-12-11-18-17-9-5-6-10-21(17)27-24(18)25(19)28-23/h3-14H,1-2H3/q+1. The summed E-state index contributed by atoms with van der Waals surface area (Å²) in [6.07, 6.45) is 2.20. The molecule has 0 aliphatic rings. The highest BCUT2D eigenvalue weighted by Crippen LogP contribution is 2.45. The minimum absolute atomic E-state index is 1.31. The summed E-state index contributed by atoms with van der Waals surface area (Å²) in [5.74, 6) is 0. The maximum Gasteiger partial charge on any atom is 0.230 e. The molecular weight excluding hydrogens is 378 g/mol. The molecule has 0 atom stereocenters. The van der Waals surface area contributed by atoms with Crippen molar-refractivity contribution in [3.8, 4) is 11.3 Å². The minimum atomic E-state index is 1.31. The van der Waals surface area contributed by atoms with Crippen LogP contribution in [-0.2, 0) is 7.05 Å². The number of aryl methyl sites for hydroxylation is 2. The summed E-state index contributed by atoms with van der Waals surface area (Å²) in [5.41, 5.74) is 3.94. The fourth-order valence-electron chi connectivity index (χ4n) is 4.27. The van der Waals surface area contributed by atoms with Crippen molar-refractivity contribution in [2.45, 2.75) is 6.92 Å². The topological polar surface area (TPSA) is 3.88 Å². The first kappa shape index (κ1) is 16.2. The van der Waals surface area contributed by atoms with Crippen molar-refractivity contribution in [3.63, 3.8) is 0 Å². The molecule has 0 bridgehead atoms. The minimum Gasteiger partial charge on any atom is -0.200 e. The average Bonchev–Trinajstić information content (AvgIpc) is 3.27. The van der Waals surface area contributed by atoms with Crippen LogP contribution in [0.3, 0.4) is 0 Å². The molecule has 3 aromatic carbocycles. The number of aromatic nitrogens is 1. The fraction of sp³-hybridized carbons (Fsp3) is 0.0800. The van der Waals surface area contributed by atoms with Crippen molar-refractivity contribution in [3.05, 3.63) is 78.5 Å². The van der Waals surface area contributed by atoms with E-state index in [4.69, 9.17) is 0 Å². The zero-order valence-electron chi connectivity index (χ0n) is 15.7. The molecule has 6 rings (SSSR count). The van der Waals surface area contributed by atoms with Crippen LogP contribution in [0.5, 0.6) is 0 Å². The largest absolute Gasteiger partial charge is 0.230 e. The van der Waals surface area contributed by atoms with Gasteiger partial charge in [0, 0.05) is 32.3 Å². The number of benzene rings is 3. The van der Waals surface area contributed by atoms with Gasteiger partial charge in [0.25, 0.3) is 0 Å². The highest BCUT2D eigenvalue weighted by Gasteiger charge is 2.21. The first-order valence-electron chi connectivity index (χ1n) is 9.43. The lowest BCUT2D eigenvalue weighted by atomic mass is 10.0. The Morgan fingerprint density at radius 3 is 2.18 bits per heavy atom. The van der Waals surface area contributed by atoms with Crippen molar-refractivity contribution in [2.75, 3.05) is 0 Å². The number of thiophene rings is 2. The maximum absolute atomic E-state index is 2.32. The Kier molecular flexibility index (Phi) is 3.40. The number of rotatable bonds is 1. The van der Waals surface area contributed by atoms with Crippen LogP contribution in [0, 0.1) is 6.92 Å². The van der Waals surface area contributed by atoms with Crippen LogP contribution in [0.4, 0.5) is 0 Å². The average molecular weight is 397 g/mol. The first-order chi connectivity index (χ1) is 13.7. The molecule has 0 radical (unpaired) electrons. The predicted octanol–water partition coefficient (Wildman–Crippen LogP) is 7.22. The van der Waals surface area contributed by atoms with E-state index < -0.39 is 0 Å². The van der Waals surface area contributed by atoms with Gasteiger partial charge in [0.05, 0.1) is 15.0 Å². The van der Waals surface area contributed by atoms with Crippen LogP contribution in [0.2, 0.25) is 0 Å². The lowest BCUT2D eigenvalue weighted by Gasteiger charge is -2.05. The van der Waals surface area contributed by atoms with E-state index in [0.29, 0.717) is 0 Å². The summed E-state index contributed by atoms with van der Waals surface area (Å²) in [7, 11) is 2.15. The molecule has 3 heterocycles. The number of pyridine rings is 1. The Bertz CT molecular complexity index is 1530. The van der Waals surface area contributed by atoms with Crippen molar-refractivity contribution < 1.29 is 4.57 Å². The molecule has 0 spiro atoms. The summed E-state index contributed by atoms with van der Waals surface area (Å²) in [4.78, 5) is 0. The van der Waals surface area contributed by atoms with Crippen LogP contribution in [0.25, 0.3) is 51.6 Å². The van der Waals surface area contributed by atoms with Gasteiger partial charge in [0.15, 0.2) is 6.20 Å². The van der Waals surface area contributed by atoms with E-state index in [1.54, 1.807) is 0 Å². The van der Waals surface area contributed by atoms with Crippen molar-refractivity contribution >= 4 is 63.0 Å². The third-order valence-electron chi connectivity index (χ3n) is 5.67. The Morgan fingerprint density at radius 2 is 1.32 bits per heavy atom. The van der Waals surface area contributed by atoms with Gasteiger partial charge in [-0.2, -0.15) is 4.57 Å². The molecule has 1 nitrogen and oxygen atoms in total. The molecule has 0 saturated carbocycles. The Hall–Kier alpha value is -2.75. The molecule has 28 heavy (non-hydrogen) atoms. The van der Waals surface area contributed by atoms with Crippen LogP contribution in [-0.4, -0.2) is 0 Å². The van der Waals surface area contributed by atoms with Crippen LogP contribution >= 0.6 is 22.7 Å². The smallest absolute Gasteiger partial charge is 0.200 e. The van der Waals surface area contributed by atoms with Crippen molar-refractivity contribution in [1.29, 1.82) is 0 Å². The van der Waals surface area contributed by atoms with Crippen molar-refractivity contribution in [1.82, 2.24) is 0 Å². The number of hydrogen-bond acceptors (Lipinski definition) is 2. The van der Waals surface area contributed by atoms with Crippen LogP contribution in [0.15, 0.2) is 72.9 Å². The quantitative estimate of drug-likeness (QED) is 0.258. The Labute approximate surface area is 171 Å². The monoisotopic (exact) mass is 396 g/mol. The van der Waals surface area contributed by atoms with E-state index in [9.17, 15) is 0 Å². The van der Waals surface area contributed by atoms with Gasteiger partial charge in [-0.3, -0.25) is 0 Å². The SMILES string of the molecule is Cc1ccccc1-c1c2sc3c(ccc4c5ccccc5sc43)c2cc[n+]1C. The van der Waals surface area contributed by atoms with E-state index in [1.165, 1.54) is 57.2 Å². The number of fused-ring (bicyclic) bond motifs is 7. The molecule has 3 heteroatoms. The molecular formula is C25H18NS2+. The van der Waals surface area contributed by atoms with Crippen LogP contribution < -0.4 is 4.57 Å². The van der Waals surface area contributed by atoms with E-state index in [1.807, 2.05) is 22.7 Å². The zero-order valence-corrected chi connectivity index (χ0v) is 17.3. The number of nitrogens with zero attached hydrogens (tertiary/aromatic N) is 1. The predicted molar refractivity (Wildman–Crippen MR) is 124 cm³/mol. The van der Waals surface area contributed by atoms with Crippen molar-refractivity contribution in [2.24, 2.45) is 7.05 Å². The van der Waals surface area contributed by atoms with Gasteiger partial charge in [-0.05, 0) is 24.6 Å². The second-order valence-corrected chi connectivity index (χ2v) is 9.43. The molecule has 134 valence electrons. The summed E-state index contributed by atoms with van der Waals surface area (Å²) in [6.45, 7) is 2.20. The maximum atomic E-state index is 2.32. The molecule has 0 aliphatic heterocycles. The highest BCUT2D eigenvalue weighted by atomic mass is 32.1. The summed E-state index contributed by atoms with van der Waals surface area (Å²) in [6, 6.07) is 24.3.